The molecule has 1 aromatic heterocycles. The van der Waals surface area contributed by atoms with Crippen LogP contribution in [0.3, 0.4) is 0 Å². The Morgan fingerprint density at radius 2 is 1.87 bits per heavy atom. The van der Waals surface area contributed by atoms with E-state index in [0.717, 1.165) is 23.2 Å². The van der Waals surface area contributed by atoms with E-state index >= 15 is 0 Å². The van der Waals surface area contributed by atoms with Crippen LogP contribution in [0.4, 0.5) is 0 Å². The number of carbonyl (C=O) groups excluding carboxylic acids is 1. The third kappa shape index (κ3) is 3.46. The summed E-state index contributed by atoms with van der Waals surface area (Å²) in [4.78, 5) is 19.3. The highest BCUT2D eigenvalue weighted by Crippen LogP contribution is 2.45. The number of aromatic nitrogens is 1. The molecule has 31 heavy (non-hydrogen) atoms. The van der Waals surface area contributed by atoms with Gasteiger partial charge in [0, 0.05) is 35.1 Å². The van der Waals surface area contributed by atoms with E-state index < -0.39 is 0 Å². The number of nitrogens with one attached hydrogen (secondary N) is 1. The largest absolute Gasteiger partial charge is 0.493 e. The molecule has 2 aliphatic rings. The molecular formula is C26H30N2O3. The molecule has 1 aliphatic heterocycles. The lowest BCUT2D eigenvalue weighted by atomic mass is 9.90. The minimum Gasteiger partial charge on any atom is -0.493 e. The van der Waals surface area contributed by atoms with Crippen LogP contribution < -0.4 is 9.47 Å². The summed E-state index contributed by atoms with van der Waals surface area (Å²) in [6.45, 7) is 0.714. The maximum Gasteiger partial charge on any atom is 0.223 e. The molecule has 3 aromatic rings. The second-order valence-corrected chi connectivity index (χ2v) is 8.74. The van der Waals surface area contributed by atoms with Gasteiger partial charge in [-0.3, -0.25) is 4.79 Å². The van der Waals surface area contributed by atoms with E-state index in [9.17, 15) is 4.79 Å². The van der Waals surface area contributed by atoms with E-state index in [0.29, 0.717) is 30.4 Å². The quantitative estimate of drug-likeness (QED) is 0.616. The smallest absolute Gasteiger partial charge is 0.223 e. The van der Waals surface area contributed by atoms with Gasteiger partial charge in [-0.2, -0.15) is 0 Å². The van der Waals surface area contributed by atoms with Crippen molar-refractivity contribution in [2.45, 2.75) is 44.6 Å². The van der Waals surface area contributed by atoms with Gasteiger partial charge in [0.15, 0.2) is 11.5 Å². The summed E-state index contributed by atoms with van der Waals surface area (Å²) in [6.07, 6.45) is 6.33. The number of para-hydroxylation sites is 2. The van der Waals surface area contributed by atoms with Gasteiger partial charge in [0.1, 0.15) is 6.04 Å². The lowest BCUT2D eigenvalue weighted by Gasteiger charge is -2.37. The van der Waals surface area contributed by atoms with Crippen LogP contribution in [0, 0.1) is 5.92 Å². The molecule has 1 aliphatic carbocycles. The van der Waals surface area contributed by atoms with E-state index in [2.05, 4.69) is 40.2 Å². The van der Waals surface area contributed by atoms with Crippen molar-refractivity contribution in [3.63, 3.8) is 0 Å². The van der Waals surface area contributed by atoms with Crippen LogP contribution in [0.15, 0.2) is 42.5 Å². The van der Waals surface area contributed by atoms with Gasteiger partial charge in [0.2, 0.25) is 5.91 Å². The Bertz CT molecular complexity index is 1100. The molecule has 0 unspecified atom stereocenters. The highest BCUT2D eigenvalue weighted by Gasteiger charge is 2.37. The monoisotopic (exact) mass is 418 g/mol. The van der Waals surface area contributed by atoms with Crippen molar-refractivity contribution in [1.82, 2.24) is 9.88 Å². The first kappa shape index (κ1) is 20.0. The van der Waals surface area contributed by atoms with E-state index in [-0.39, 0.29) is 11.9 Å². The predicted octanol–water partition coefficient (Wildman–Crippen LogP) is 5.24. The predicted molar refractivity (Wildman–Crippen MR) is 122 cm³/mol. The minimum absolute atomic E-state index is 0.213. The molecule has 1 N–H and O–H groups in total. The van der Waals surface area contributed by atoms with Crippen molar-refractivity contribution in [1.29, 1.82) is 0 Å². The topological polar surface area (TPSA) is 54.6 Å². The van der Waals surface area contributed by atoms with Crippen LogP contribution in [-0.4, -0.2) is 36.6 Å². The van der Waals surface area contributed by atoms with Crippen molar-refractivity contribution < 1.29 is 14.3 Å². The molecule has 0 saturated heterocycles. The van der Waals surface area contributed by atoms with Crippen LogP contribution >= 0.6 is 0 Å². The fraction of sp³-hybridized carbons (Fsp3) is 0.423. The molecule has 0 spiro atoms. The molecule has 5 rings (SSSR count). The number of ether oxygens (including phenoxy) is 2. The molecule has 5 heteroatoms. The van der Waals surface area contributed by atoms with Gasteiger partial charge in [-0.05, 0) is 42.9 Å². The SMILES string of the molecule is COc1cccc([C@H]2c3[nH]c4ccccc4c3CCN2C(=O)CC2CCCC2)c1OC. The number of methoxy groups -OCH3 is 2. The summed E-state index contributed by atoms with van der Waals surface area (Å²) in [5, 5.41) is 1.24. The molecule has 162 valence electrons. The second kappa shape index (κ2) is 8.29. The van der Waals surface area contributed by atoms with Gasteiger partial charge in [-0.1, -0.05) is 43.2 Å². The number of carbonyl (C=O) groups is 1. The van der Waals surface area contributed by atoms with Gasteiger partial charge in [-0.25, -0.2) is 0 Å². The number of benzene rings is 2. The van der Waals surface area contributed by atoms with Crippen LogP contribution in [0.25, 0.3) is 10.9 Å². The normalized spacial score (nSPS) is 18.9. The number of aromatic amines is 1. The van der Waals surface area contributed by atoms with E-state index in [1.807, 2.05) is 12.1 Å². The first-order valence-electron chi connectivity index (χ1n) is 11.3. The molecule has 1 saturated carbocycles. The Balaban J connectivity index is 1.63. The van der Waals surface area contributed by atoms with Gasteiger partial charge in [0.05, 0.1) is 14.2 Å². The Labute approximate surface area is 183 Å². The van der Waals surface area contributed by atoms with Gasteiger partial charge in [0.25, 0.3) is 0 Å². The Kier molecular flexibility index (Phi) is 5.34. The van der Waals surface area contributed by atoms with E-state index in [1.165, 1.54) is 36.6 Å². The fourth-order valence-electron chi connectivity index (χ4n) is 5.54. The molecule has 1 amide bonds. The standard InChI is InChI=1S/C26H30N2O3/c1-30-22-13-7-11-20(26(22)31-2)25-24-19(18-10-5-6-12-21(18)27-24)14-15-28(25)23(29)16-17-8-3-4-9-17/h5-7,10-13,17,25,27H,3-4,8-9,14-16H2,1-2H3/t25-/m0/s1. The summed E-state index contributed by atoms with van der Waals surface area (Å²) in [6, 6.07) is 14.1. The zero-order valence-corrected chi connectivity index (χ0v) is 18.3. The lowest BCUT2D eigenvalue weighted by Crippen LogP contribution is -2.41. The molecule has 2 heterocycles. The third-order valence-electron chi connectivity index (χ3n) is 7.02. The molecular weight excluding hydrogens is 388 g/mol. The van der Waals surface area contributed by atoms with Crippen LogP contribution in [-0.2, 0) is 11.2 Å². The first-order chi connectivity index (χ1) is 15.2. The molecule has 0 radical (unpaired) electrons. The van der Waals surface area contributed by atoms with E-state index in [4.69, 9.17) is 9.47 Å². The average Bonchev–Trinajstić information content (AvgIpc) is 3.45. The van der Waals surface area contributed by atoms with Crippen molar-refractivity contribution >= 4 is 16.8 Å². The van der Waals surface area contributed by atoms with Crippen LogP contribution in [0.1, 0.15) is 55.0 Å². The summed E-state index contributed by atoms with van der Waals surface area (Å²) in [5.41, 5.74) is 4.48. The number of hydrogen-bond donors (Lipinski definition) is 1. The van der Waals surface area contributed by atoms with Gasteiger partial charge >= 0.3 is 0 Å². The molecule has 2 aromatic carbocycles. The summed E-state index contributed by atoms with van der Waals surface area (Å²) < 4.78 is 11.4. The Morgan fingerprint density at radius 3 is 2.65 bits per heavy atom. The Hall–Kier alpha value is -2.95. The van der Waals surface area contributed by atoms with Gasteiger partial charge < -0.3 is 19.4 Å². The van der Waals surface area contributed by atoms with Crippen molar-refractivity contribution in [3.8, 4) is 11.5 Å². The average molecular weight is 419 g/mol. The van der Waals surface area contributed by atoms with Crippen molar-refractivity contribution in [2.24, 2.45) is 5.92 Å². The number of amides is 1. The lowest BCUT2D eigenvalue weighted by molar-refractivity contribution is -0.134. The maximum absolute atomic E-state index is 13.6. The number of hydrogen-bond acceptors (Lipinski definition) is 3. The fourth-order valence-corrected chi connectivity index (χ4v) is 5.54. The number of nitrogens with zero attached hydrogens (tertiary/aromatic N) is 1. The van der Waals surface area contributed by atoms with Crippen LogP contribution in [0.5, 0.6) is 11.5 Å². The minimum atomic E-state index is -0.213. The Morgan fingerprint density at radius 1 is 1.06 bits per heavy atom. The van der Waals surface area contributed by atoms with Crippen LogP contribution in [0.2, 0.25) is 0 Å². The summed E-state index contributed by atoms with van der Waals surface area (Å²) >= 11 is 0. The maximum atomic E-state index is 13.6. The molecule has 5 nitrogen and oxygen atoms in total. The van der Waals surface area contributed by atoms with E-state index in [1.54, 1.807) is 14.2 Å². The zero-order valence-electron chi connectivity index (χ0n) is 18.3. The number of fused-ring (bicyclic) bond motifs is 3. The number of H-pyrrole nitrogens is 1. The summed E-state index contributed by atoms with van der Waals surface area (Å²) in [5.74, 6) is 2.14. The van der Waals surface area contributed by atoms with Crippen molar-refractivity contribution in [2.75, 3.05) is 20.8 Å². The summed E-state index contributed by atoms with van der Waals surface area (Å²) in [7, 11) is 3.32. The number of rotatable bonds is 5. The highest BCUT2D eigenvalue weighted by atomic mass is 16.5. The van der Waals surface area contributed by atoms with Gasteiger partial charge in [-0.15, -0.1) is 0 Å². The second-order valence-electron chi connectivity index (χ2n) is 8.74. The molecule has 0 bridgehead atoms. The highest BCUT2D eigenvalue weighted by molar-refractivity contribution is 5.87. The molecule has 1 fully saturated rings. The molecule has 1 atom stereocenters. The third-order valence-corrected chi connectivity index (χ3v) is 7.02. The van der Waals surface area contributed by atoms with Crippen molar-refractivity contribution in [3.05, 3.63) is 59.3 Å². The zero-order chi connectivity index (χ0) is 21.4. The first-order valence-corrected chi connectivity index (χ1v) is 11.3.